The fourth-order valence-corrected chi connectivity index (χ4v) is 2.80. The molecule has 0 amide bonds. The van der Waals surface area contributed by atoms with E-state index in [1.54, 1.807) is 6.92 Å². The Bertz CT molecular complexity index is 243. The minimum absolute atomic E-state index is 0.232. The summed E-state index contributed by atoms with van der Waals surface area (Å²) >= 11 is 0. The van der Waals surface area contributed by atoms with Gasteiger partial charge in [-0.05, 0) is 19.8 Å². The highest BCUT2D eigenvalue weighted by Crippen LogP contribution is 2.26. The van der Waals surface area contributed by atoms with Gasteiger partial charge in [-0.15, -0.1) is 0 Å². The minimum atomic E-state index is -4.07. The van der Waals surface area contributed by atoms with E-state index in [-0.39, 0.29) is 6.04 Å². The predicted molar refractivity (Wildman–Crippen MR) is 67.6 cm³/mol. The maximum Gasteiger partial charge on any atom is 0.390 e. The predicted octanol–water partition coefficient (Wildman–Crippen LogP) is 3.18. The summed E-state index contributed by atoms with van der Waals surface area (Å²) in [6, 6.07) is 0.153. The van der Waals surface area contributed by atoms with Gasteiger partial charge in [0.25, 0.3) is 0 Å². The number of halogens is 3. The van der Waals surface area contributed by atoms with Crippen LogP contribution in [-0.2, 0) is 0 Å². The van der Waals surface area contributed by atoms with Crippen molar-refractivity contribution in [1.82, 2.24) is 10.2 Å². The summed E-state index contributed by atoms with van der Waals surface area (Å²) in [5.74, 6) is 0. The van der Waals surface area contributed by atoms with E-state index >= 15 is 0 Å². The topological polar surface area (TPSA) is 15.3 Å². The van der Waals surface area contributed by atoms with Crippen LogP contribution in [0.5, 0.6) is 0 Å². The molecular formula is C13H25F3N2. The van der Waals surface area contributed by atoms with E-state index in [4.69, 9.17) is 0 Å². The number of nitrogens with one attached hydrogen (secondary N) is 1. The average molecular weight is 266 g/mol. The van der Waals surface area contributed by atoms with Crippen LogP contribution < -0.4 is 5.32 Å². The van der Waals surface area contributed by atoms with Gasteiger partial charge in [0, 0.05) is 31.2 Å². The summed E-state index contributed by atoms with van der Waals surface area (Å²) in [6.45, 7) is 7.40. The molecule has 1 heterocycles. The lowest BCUT2D eigenvalue weighted by molar-refractivity contribution is -0.149. The minimum Gasteiger partial charge on any atom is -0.311 e. The van der Waals surface area contributed by atoms with Gasteiger partial charge in [-0.3, -0.25) is 4.90 Å². The van der Waals surface area contributed by atoms with Gasteiger partial charge in [0.15, 0.2) is 0 Å². The molecule has 1 aliphatic rings. The number of alkyl halides is 3. The number of hydrogen-bond donors (Lipinski definition) is 1. The number of hydrogen-bond acceptors (Lipinski definition) is 2. The van der Waals surface area contributed by atoms with Crippen molar-refractivity contribution >= 4 is 0 Å². The van der Waals surface area contributed by atoms with Crippen LogP contribution in [0.1, 0.15) is 46.5 Å². The third-order valence-corrected chi connectivity index (χ3v) is 3.74. The van der Waals surface area contributed by atoms with E-state index in [1.807, 2.05) is 11.8 Å². The summed E-state index contributed by atoms with van der Waals surface area (Å²) in [6.07, 6.45) is -1.78. The van der Waals surface area contributed by atoms with Crippen LogP contribution in [-0.4, -0.2) is 42.3 Å². The molecule has 0 aromatic rings. The largest absolute Gasteiger partial charge is 0.390 e. The second-order valence-electron chi connectivity index (χ2n) is 5.32. The van der Waals surface area contributed by atoms with Crippen molar-refractivity contribution < 1.29 is 13.2 Å². The van der Waals surface area contributed by atoms with Crippen LogP contribution in [0.3, 0.4) is 0 Å². The third-order valence-electron chi connectivity index (χ3n) is 3.74. The van der Waals surface area contributed by atoms with E-state index in [0.29, 0.717) is 6.04 Å². The fraction of sp³-hybridized carbons (Fsp3) is 1.00. The Balaban J connectivity index is 2.61. The molecule has 0 spiro atoms. The first-order chi connectivity index (χ1) is 8.37. The molecule has 3 atom stereocenters. The Morgan fingerprint density at radius 3 is 2.50 bits per heavy atom. The summed E-state index contributed by atoms with van der Waals surface area (Å²) in [5.41, 5.74) is 0. The van der Waals surface area contributed by atoms with E-state index in [9.17, 15) is 13.2 Å². The van der Waals surface area contributed by atoms with Crippen LogP contribution >= 0.6 is 0 Å². The van der Waals surface area contributed by atoms with Crippen molar-refractivity contribution in [3.63, 3.8) is 0 Å². The molecule has 0 aliphatic carbocycles. The van der Waals surface area contributed by atoms with Gasteiger partial charge >= 0.3 is 6.18 Å². The molecule has 1 N–H and O–H groups in total. The molecule has 1 rings (SSSR count). The summed E-state index contributed by atoms with van der Waals surface area (Å²) in [4.78, 5) is 2.05. The maximum atomic E-state index is 12.5. The zero-order valence-corrected chi connectivity index (χ0v) is 11.6. The van der Waals surface area contributed by atoms with Gasteiger partial charge in [-0.2, -0.15) is 13.2 Å². The zero-order valence-electron chi connectivity index (χ0n) is 11.6. The first-order valence-corrected chi connectivity index (χ1v) is 6.93. The molecule has 0 radical (unpaired) electrons. The molecule has 0 saturated carbocycles. The highest BCUT2D eigenvalue weighted by Gasteiger charge is 2.36. The smallest absolute Gasteiger partial charge is 0.311 e. The monoisotopic (exact) mass is 266 g/mol. The van der Waals surface area contributed by atoms with E-state index < -0.39 is 18.6 Å². The molecular weight excluding hydrogens is 241 g/mol. The van der Waals surface area contributed by atoms with Gasteiger partial charge in [0.05, 0.1) is 6.42 Å². The molecule has 108 valence electrons. The van der Waals surface area contributed by atoms with E-state index in [2.05, 4.69) is 12.2 Å². The van der Waals surface area contributed by atoms with Gasteiger partial charge in [-0.25, -0.2) is 0 Å². The number of piperazine rings is 1. The third kappa shape index (κ3) is 4.76. The highest BCUT2D eigenvalue weighted by molar-refractivity contribution is 4.88. The number of rotatable bonds is 5. The lowest BCUT2D eigenvalue weighted by atomic mass is 10.0. The van der Waals surface area contributed by atoms with Crippen molar-refractivity contribution in [3.8, 4) is 0 Å². The Morgan fingerprint density at radius 2 is 2.00 bits per heavy atom. The Labute approximate surface area is 108 Å². The first kappa shape index (κ1) is 15.8. The summed E-state index contributed by atoms with van der Waals surface area (Å²) in [7, 11) is 0. The second kappa shape index (κ2) is 6.75. The van der Waals surface area contributed by atoms with E-state index in [1.165, 1.54) is 0 Å². The SMILES string of the molecule is CCCC1CN(C(C)CC(F)(F)F)C(CC)CN1. The molecule has 1 saturated heterocycles. The van der Waals surface area contributed by atoms with Gasteiger partial charge < -0.3 is 5.32 Å². The molecule has 3 unspecified atom stereocenters. The maximum absolute atomic E-state index is 12.5. The van der Waals surface area contributed by atoms with Crippen LogP contribution in [0.25, 0.3) is 0 Å². The zero-order chi connectivity index (χ0) is 13.8. The van der Waals surface area contributed by atoms with E-state index in [0.717, 1.165) is 32.4 Å². The quantitative estimate of drug-likeness (QED) is 0.822. The van der Waals surface area contributed by atoms with Crippen LogP contribution in [0.15, 0.2) is 0 Å². The molecule has 1 fully saturated rings. The Hall–Kier alpha value is -0.290. The Morgan fingerprint density at radius 1 is 1.33 bits per heavy atom. The molecule has 5 heteroatoms. The number of nitrogens with zero attached hydrogens (tertiary/aromatic N) is 1. The average Bonchev–Trinajstić information content (AvgIpc) is 2.27. The molecule has 2 nitrogen and oxygen atoms in total. The molecule has 0 aromatic heterocycles. The Kier molecular flexibility index (Phi) is 5.92. The molecule has 1 aliphatic heterocycles. The van der Waals surface area contributed by atoms with Crippen LogP contribution in [0, 0.1) is 0 Å². The van der Waals surface area contributed by atoms with Crippen LogP contribution in [0.2, 0.25) is 0 Å². The summed E-state index contributed by atoms with van der Waals surface area (Å²) < 4.78 is 37.5. The molecule has 0 bridgehead atoms. The van der Waals surface area contributed by atoms with Crippen molar-refractivity contribution in [1.29, 1.82) is 0 Å². The van der Waals surface area contributed by atoms with Gasteiger partial charge in [-0.1, -0.05) is 20.3 Å². The van der Waals surface area contributed by atoms with Crippen molar-refractivity contribution in [2.24, 2.45) is 0 Å². The van der Waals surface area contributed by atoms with Crippen molar-refractivity contribution in [3.05, 3.63) is 0 Å². The standard InChI is InChI=1S/C13H25F3N2/c1-4-6-11-9-18(12(5-2)8-17-11)10(3)7-13(14,15)16/h10-12,17H,4-9H2,1-3H3. The first-order valence-electron chi connectivity index (χ1n) is 6.93. The van der Waals surface area contributed by atoms with Crippen LogP contribution in [0.4, 0.5) is 13.2 Å². The second-order valence-corrected chi connectivity index (χ2v) is 5.32. The fourth-order valence-electron chi connectivity index (χ4n) is 2.80. The highest BCUT2D eigenvalue weighted by atomic mass is 19.4. The van der Waals surface area contributed by atoms with Gasteiger partial charge in [0.2, 0.25) is 0 Å². The van der Waals surface area contributed by atoms with Crippen molar-refractivity contribution in [2.75, 3.05) is 13.1 Å². The molecule has 18 heavy (non-hydrogen) atoms. The van der Waals surface area contributed by atoms with Crippen molar-refractivity contribution in [2.45, 2.75) is 70.8 Å². The summed E-state index contributed by atoms with van der Waals surface area (Å²) in [5, 5.41) is 3.45. The normalized spacial score (nSPS) is 28.3. The lowest BCUT2D eigenvalue weighted by Crippen LogP contribution is -2.59. The van der Waals surface area contributed by atoms with Gasteiger partial charge in [0.1, 0.15) is 0 Å². The lowest BCUT2D eigenvalue weighted by Gasteiger charge is -2.43. The molecule has 0 aromatic carbocycles.